The van der Waals surface area contributed by atoms with Crippen LogP contribution in [0, 0.1) is 5.92 Å². The summed E-state index contributed by atoms with van der Waals surface area (Å²) in [4.78, 5) is 12.4. The average molecular weight is 277 g/mol. The molecule has 1 atom stereocenters. The minimum atomic E-state index is 0.189. The minimum absolute atomic E-state index is 0.189. The van der Waals surface area contributed by atoms with Crippen LogP contribution < -0.4 is 11.0 Å². The zero-order valence-electron chi connectivity index (χ0n) is 12.6. The Kier molecular flexibility index (Phi) is 4.29. The van der Waals surface area contributed by atoms with Crippen LogP contribution in [-0.2, 0) is 6.54 Å². The third-order valence-corrected chi connectivity index (χ3v) is 4.83. The van der Waals surface area contributed by atoms with Crippen molar-refractivity contribution < 1.29 is 0 Å². The molecule has 2 aliphatic carbocycles. The molecule has 2 aliphatic rings. The Labute approximate surface area is 121 Å². The lowest BCUT2D eigenvalue weighted by atomic mass is 9.98. The average Bonchev–Trinajstić information content (AvgIpc) is 3.01. The van der Waals surface area contributed by atoms with Crippen molar-refractivity contribution in [2.45, 2.75) is 70.5 Å². The van der Waals surface area contributed by atoms with E-state index >= 15 is 0 Å². The monoisotopic (exact) mass is 277 g/mol. The first kappa shape index (κ1) is 13.9. The molecule has 1 heterocycles. The Morgan fingerprint density at radius 3 is 2.65 bits per heavy atom. The van der Waals surface area contributed by atoms with Gasteiger partial charge < -0.3 is 5.32 Å². The number of nitrogens with one attached hydrogen (secondary N) is 1. The van der Waals surface area contributed by atoms with E-state index in [9.17, 15) is 4.79 Å². The van der Waals surface area contributed by atoms with Gasteiger partial charge in [-0.15, -0.1) is 0 Å². The van der Waals surface area contributed by atoms with Gasteiger partial charge >= 0.3 is 5.69 Å². The molecule has 0 radical (unpaired) electrons. The number of rotatable bonds is 7. The highest BCUT2D eigenvalue weighted by molar-refractivity contribution is 4.93. The van der Waals surface area contributed by atoms with Crippen molar-refractivity contribution in [2.24, 2.45) is 5.92 Å². The van der Waals surface area contributed by atoms with Crippen LogP contribution in [0.2, 0.25) is 0 Å². The van der Waals surface area contributed by atoms with Crippen molar-refractivity contribution in [2.75, 3.05) is 6.54 Å². The SMILES string of the molecule is CCCNC(Cn1ccn(C2CC2)c1=O)C1CCCC1. The molecule has 2 fully saturated rings. The van der Waals surface area contributed by atoms with E-state index in [2.05, 4.69) is 12.2 Å². The van der Waals surface area contributed by atoms with Crippen LogP contribution >= 0.6 is 0 Å². The third-order valence-electron chi connectivity index (χ3n) is 4.83. The van der Waals surface area contributed by atoms with Crippen molar-refractivity contribution in [1.82, 2.24) is 14.5 Å². The van der Waals surface area contributed by atoms with Gasteiger partial charge in [0.15, 0.2) is 0 Å². The normalized spacial score (nSPS) is 21.4. The molecule has 4 nitrogen and oxygen atoms in total. The van der Waals surface area contributed by atoms with Crippen molar-refractivity contribution in [3.63, 3.8) is 0 Å². The lowest BCUT2D eigenvalue weighted by molar-refractivity contribution is 0.319. The Balaban J connectivity index is 1.69. The highest BCUT2D eigenvalue weighted by atomic mass is 16.1. The standard InChI is InChI=1S/C16H27N3O/c1-2-9-17-15(13-5-3-4-6-13)12-18-10-11-19(16(18)20)14-7-8-14/h10-11,13-15,17H,2-9,12H2,1H3. The molecule has 1 aromatic rings. The molecular formula is C16H27N3O. The lowest BCUT2D eigenvalue weighted by Crippen LogP contribution is -2.41. The van der Waals surface area contributed by atoms with E-state index in [4.69, 9.17) is 0 Å². The number of hydrogen-bond donors (Lipinski definition) is 1. The van der Waals surface area contributed by atoms with Crippen molar-refractivity contribution in [3.8, 4) is 0 Å². The molecule has 20 heavy (non-hydrogen) atoms. The summed E-state index contributed by atoms with van der Waals surface area (Å²) >= 11 is 0. The molecule has 1 unspecified atom stereocenters. The first-order valence-electron chi connectivity index (χ1n) is 8.30. The third kappa shape index (κ3) is 3.00. The van der Waals surface area contributed by atoms with Crippen LogP contribution in [0.5, 0.6) is 0 Å². The first-order chi connectivity index (χ1) is 9.79. The molecule has 0 spiro atoms. The van der Waals surface area contributed by atoms with E-state index in [1.807, 2.05) is 21.5 Å². The van der Waals surface area contributed by atoms with E-state index in [-0.39, 0.29) is 5.69 Å². The smallest absolute Gasteiger partial charge is 0.312 e. The van der Waals surface area contributed by atoms with Gasteiger partial charge in [0, 0.05) is 31.0 Å². The number of hydrogen-bond acceptors (Lipinski definition) is 2. The summed E-state index contributed by atoms with van der Waals surface area (Å²) in [5.74, 6) is 0.748. The fourth-order valence-corrected chi connectivity index (χ4v) is 3.48. The fourth-order valence-electron chi connectivity index (χ4n) is 3.48. The highest BCUT2D eigenvalue weighted by Gasteiger charge is 2.28. The van der Waals surface area contributed by atoms with Crippen LogP contribution in [0.4, 0.5) is 0 Å². The second kappa shape index (κ2) is 6.17. The van der Waals surface area contributed by atoms with Gasteiger partial charge in [-0.2, -0.15) is 0 Å². The minimum Gasteiger partial charge on any atom is -0.312 e. The van der Waals surface area contributed by atoms with Gasteiger partial charge in [-0.1, -0.05) is 19.8 Å². The summed E-state index contributed by atoms with van der Waals surface area (Å²) in [5.41, 5.74) is 0.189. The predicted molar refractivity (Wildman–Crippen MR) is 81.0 cm³/mol. The maximum atomic E-state index is 12.4. The van der Waals surface area contributed by atoms with Crippen molar-refractivity contribution >= 4 is 0 Å². The van der Waals surface area contributed by atoms with Crippen molar-refractivity contribution in [1.29, 1.82) is 0 Å². The summed E-state index contributed by atoms with van der Waals surface area (Å²) in [5, 5.41) is 3.67. The molecule has 2 saturated carbocycles. The number of aromatic nitrogens is 2. The van der Waals surface area contributed by atoms with E-state index in [0.717, 1.165) is 25.4 Å². The summed E-state index contributed by atoms with van der Waals surface area (Å²) in [6.07, 6.45) is 12.8. The van der Waals surface area contributed by atoms with E-state index in [1.165, 1.54) is 38.5 Å². The fraction of sp³-hybridized carbons (Fsp3) is 0.812. The zero-order chi connectivity index (χ0) is 13.9. The Bertz CT molecular complexity index is 480. The summed E-state index contributed by atoms with van der Waals surface area (Å²) in [6, 6.07) is 0.947. The van der Waals surface area contributed by atoms with Crippen LogP contribution in [0.1, 0.15) is 57.9 Å². The highest BCUT2D eigenvalue weighted by Crippen LogP contribution is 2.33. The maximum Gasteiger partial charge on any atom is 0.328 e. The Hall–Kier alpha value is -1.03. The maximum absolute atomic E-state index is 12.4. The van der Waals surface area contributed by atoms with E-state index < -0.39 is 0 Å². The van der Waals surface area contributed by atoms with Crippen molar-refractivity contribution in [3.05, 3.63) is 22.9 Å². The van der Waals surface area contributed by atoms with Gasteiger partial charge in [0.05, 0.1) is 0 Å². The summed E-state index contributed by atoms with van der Waals surface area (Å²) in [6.45, 7) is 4.09. The molecule has 0 amide bonds. The Morgan fingerprint density at radius 1 is 1.25 bits per heavy atom. The molecule has 0 aliphatic heterocycles. The molecule has 0 aromatic carbocycles. The largest absolute Gasteiger partial charge is 0.328 e. The molecule has 112 valence electrons. The number of imidazole rings is 1. The second-order valence-corrected chi connectivity index (χ2v) is 6.48. The molecule has 1 N–H and O–H groups in total. The van der Waals surface area contributed by atoms with Gasteiger partial charge in [-0.3, -0.25) is 9.13 Å². The van der Waals surface area contributed by atoms with Gasteiger partial charge in [0.25, 0.3) is 0 Å². The molecule has 3 rings (SSSR count). The first-order valence-corrected chi connectivity index (χ1v) is 8.30. The quantitative estimate of drug-likeness (QED) is 0.832. The molecule has 0 bridgehead atoms. The van der Waals surface area contributed by atoms with Gasteiger partial charge in [0.1, 0.15) is 0 Å². The molecule has 1 aromatic heterocycles. The zero-order valence-corrected chi connectivity index (χ0v) is 12.6. The molecular weight excluding hydrogens is 250 g/mol. The summed E-state index contributed by atoms with van der Waals surface area (Å²) < 4.78 is 3.84. The van der Waals surface area contributed by atoms with Crippen LogP contribution in [0.25, 0.3) is 0 Å². The number of nitrogens with zero attached hydrogens (tertiary/aromatic N) is 2. The van der Waals surface area contributed by atoms with Crippen LogP contribution in [0.3, 0.4) is 0 Å². The topological polar surface area (TPSA) is 39.0 Å². The van der Waals surface area contributed by atoms with Crippen LogP contribution in [-0.4, -0.2) is 21.7 Å². The van der Waals surface area contributed by atoms with E-state index in [1.54, 1.807) is 0 Å². The molecule has 4 heteroatoms. The van der Waals surface area contributed by atoms with Crippen LogP contribution in [0.15, 0.2) is 17.2 Å². The predicted octanol–water partition coefficient (Wildman–Crippen LogP) is 2.54. The van der Waals surface area contributed by atoms with Gasteiger partial charge in [0.2, 0.25) is 0 Å². The Morgan fingerprint density at radius 2 is 2.00 bits per heavy atom. The van der Waals surface area contributed by atoms with Gasteiger partial charge in [-0.25, -0.2) is 4.79 Å². The molecule has 0 saturated heterocycles. The van der Waals surface area contributed by atoms with E-state index in [0.29, 0.717) is 12.1 Å². The second-order valence-electron chi connectivity index (χ2n) is 6.48. The summed E-state index contributed by atoms with van der Waals surface area (Å²) in [7, 11) is 0. The van der Waals surface area contributed by atoms with Gasteiger partial charge in [-0.05, 0) is 44.6 Å². The lowest BCUT2D eigenvalue weighted by Gasteiger charge is -2.24.